The second-order valence-electron chi connectivity index (χ2n) is 6.85. The van der Waals surface area contributed by atoms with Gasteiger partial charge in [0.25, 0.3) is 0 Å². The van der Waals surface area contributed by atoms with E-state index in [0.29, 0.717) is 5.75 Å². The largest absolute Gasteiger partial charge is 0.481 e. The van der Waals surface area contributed by atoms with Crippen LogP contribution in [0.15, 0.2) is 0 Å². The van der Waals surface area contributed by atoms with Crippen LogP contribution in [0.1, 0.15) is 26.7 Å². The number of carboxylic acids is 2. The van der Waals surface area contributed by atoms with Crippen molar-refractivity contribution < 1.29 is 39.3 Å². The van der Waals surface area contributed by atoms with E-state index in [1.807, 2.05) is 0 Å². The first-order valence-electron chi connectivity index (χ1n) is 9.15. The van der Waals surface area contributed by atoms with E-state index >= 15 is 0 Å². The molecule has 0 aliphatic heterocycles. The third-order valence-corrected chi connectivity index (χ3v) is 4.72. The summed E-state index contributed by atoms with van der Waals surface area (Å²) >= 11 is 1.36. The predicted molar refractivity (Wildman–Crippen MR) is 109 cm³/mol. The van der Waals surface area contributed by atoms with E-state index in [1.54, 1.807) is 20.1 Å². The van der Waals surface area contributed by atoms with Gasteiger partial charge in [-0.1, -0.05) is 13.8 Å². The zero-order chi connectivity index (χ0) is 23.4. The van der Waals surface area contributed by atoms with Gasteiger partial charge in [0.05, 0.1) is 19.1 Å². The van der Waals surface area contributed by atoms with Gasteiger partial charge in [-0.3, -0.25) is 19.2 Å². The molecule has 0 aliphatic carbocycles. The molecular formula is C17H30N4O8S. The number of carbonyl (C=O) groups excluding carboxylic acids is 3. The molecule has 0 saturated heterocycles. The number of carboxylic acid groups (broad SMARTS) is 2. The van der Waals surface area contributed by atoms with Gasteiger partial charge in [-0.2, -0.15) is 11.8 Å². The summed E-state index contributed by atoms with van der Waals surface area (Å²) in [5.74, 6) is -5.17. The van der Waals surface area contributed by atoms with Crippen molar-refractivity contribution in [2.75, 3.05) is 18.6 Å². The number of rotatable bonds is 14. The van der Waals surface area contributed by atoms with Gasteiger partial charge in [-0.15, -0.1) is 0 Å². The third kappa shape index (κ3) is 9.89. The van der Waals surface area contributed by atoms with Crippen LogP contribution in [0.4, 0.5) is 0 Å². The van der Waals surface area contributed by atoms with Gasteiger partial charge in [0.2, 0.25) is 17.7 Å². The van der Waals surface area contributed by atoms with Crippen LogP contribution >= 0.6 is 11.8 Å². The summed E-state index contributed by atoms with van der Waals surface area (Å²) in [6.45, 7) is 2.66. The molecule has 0 heterocycles. The molecule has 0 bridgehead atoms. The van der Waals surface area contributed by atoms with Crippen LogP contribution < -0.4 is 21.7 Å². The van der Waals surface area contributed by atoms with Gasteiger partial charge in [-0.25, -0.2) is 4.79 Å². The van der Waals surface area contributed by atoms with Crippen LogP contribution in [0.5, 0.6) is 0 Å². The van der Waals surface area contributed by atoms with E-state index in [4.69, 9.17) is 15.9 Å². The Balaban J connectivity index is 5.25. The molecule has 12 nitrogen and oxygen atoms in total. The number of thioether (sulfide) groups is 1. The molecule has 8 N–H and O–H groups in total. The minimum absolute atomic E-state index is 0.107. The van der Waals surface area contributed by atoms with Crippen molar-refractivity contribution in [2.24, 2.45) is 11.7 Å². The highest BCUT2D eigenvalue weighted by atomic mass is 32.2. The molecule has 4 unspecified atom stereocenters. The monoisotopic (exact) mass is 450 g/mol. The first kappa shape index (κ1) is 27.6. The van der Waals surface area contributed by atoms with Crippen LogP contribution in [0.2, 0.25) is 0 Å². The van der Waals surface area contributed by atoms with Crippen LogP contribution in [0.3, 0.4) is 0 Å². The van der Waals surface area contributed by atoms with Crippen molar-refractivity contribution in [3.63, 3.8) is 0 Å². The van der Waals surface area contributed by atoms with Gasteiger partial charge >= 0.3 is 11.9 Å². The predicted octanol–water partition coefficient (Wildman–Crippen LogP) is -2.27. The fraction of sp³-hybridized carbons (Fsp3) is 0.706. The first-order valence-corrected chi connectivity index (χ1v) is 10.5. The zero-order valence-electron chi connectivity index (χ0n) is 17.1. The van der Waals surface area contributed by atoms with Crippen LogP contribution in [-0.4, -0.2) is 87.8 Å². The highest BCUT2D eigenvalue weighted by Gasteiger charge is 2.31. The molecule has 13 heteroatoms. The van der Waals surface area contributed by atoms with Crippen molar-refractivity contribution in [1.29, 1.82) is 0 Å². The second-order valence-corrected chi connectivity index (χ2v) is 7.84. The molecule has 0 aromatic carbocycles. The lowest BCUT2D eigenvalue weighted by Crippen LogP contribution is -2.58. The van der Waals surface area contributed by atoms with Gasteiger partial charge < -0.3 is 37.0 Å². The average Bonchev–Trinajstić information content (AvgIpc) is 2.66. The lowest BCUT2D eigenvalue weighted by atomic mass is 10.0. The summed E-state index contributed by atoms with van der Waals surface area (Å²) < 4.78 is 0. The molecule has 0 aromatic rings. The van der Waals surface area contributed by atoms with Crippen molar-refractivity contribution in [3.8, 4) is 0 Å². The van der Waals surface area contributed by atoms with Gasteiger partial charge in [0, 0.05) is 0 Å². The quantitative estimate of drug-likeness (QED) is 0.151. The minimum atomic E-state index is -1.68. The highest BCUT2D eigenvalue weighted by molar-refractivity contribution is 7.98. The van der Waals surface area contributed by atoms with Crippen molar-refractivity contribution in [1.82, 2.24) is 16.0 Å². The summed E-state index contributed by atoms with van der Waals surface area (Å²) in [5, 5.41) is 34.0. The van der Waals surface area contributed by atoms with Gasteiger partial charge in [0.15, 0.2) is 0 Å². The SMILES string of the molecule is CSCCC(NC(=O)C(CO)NC(=O)C(N)C(C)C)C(=O)NC(CC(=O)O)C(=O)O. The van der Waals surface area contributed by atoms with E-state index in [0.717, 1.165) is 0 Å². The Hall–Kier alpha value is -2.38. The molecule has 3 amide bonds. The molecular weight excluding hydrogens is 420 g/mol. The summed E-state index contributed by atoms with van der Waals surface area (Å²) in [5.41, 5.74) is 5.71. The number of amides is 3. The fourth-order valence-electron chi connectivity index (χ4n) is 2.19. The van der Waals surface area contributed by atoms with Crippen LogP contribution in [0.25, 0.3) is 0 Å². The number of nitrogens with one attached hydrogen (secondary N) is 3. The molecule has 4 atom stereocenters. The molecule has 0 rings (SSSR count). The Bertz CT molecular complexity index is 631. The normalized spacial score (nSPS) is 14.9. The summed E-state index contributed by atoms with van der Waals surface area (Å²) in [4.78, 5) is 58.9. The Morgan fingerprint density at radius 1 is 0.900 bits per heavy atom. The van der Waals surface area contributed by atoms with Crippen molar-refractivity contribution in [2.45, 2.75) is 50.9 Å². The fourth-order valence-corrected chi connectivity index (χ4v) is 2.66. The smallest absolute Gasteiger partial charge is 0.326 e. The summed E-state index contributed by atoms with van der Waals surface area (Å²) in [6.07, 6.45) is 1.02. The Morgan fingerprint density at radius 2 is 1.40 bits per heavy atom. The average molecular weight is 451 g/mol. The van der Waals surface area contributed by atoms with E-state index in [2.05, 4.69) is 16.0 Å². The topological polar surface area (TPSA) is 208 Å². The summed E-state index contributed by atoms with van der Waals surface area (Å²) in [7, 11) is 0. The summed E-state index contributed by atoms with van der Waals surface area (Å²) in [6, 6.07) is -5.16. The van der Waals surface area contributed by atoms with Gasteiger partial charge in [0.1, 0.15) is 18.1 Å². The molecule has 30 heavy (non-hydrogen) atoms. The zero-order valence-corrected chi connectivity index (χ0v) is 17.9. The molecule has 0 radical (unpaired) electrons. The number of aliphatic hydroxyl groups excluding tert-OH is 1. The van der Waals surface area contributed by atoms with E-state index < -0.39 is 66.9 Å². The Labute approximate surface area is 178 Å². The number of carbonyl (C=O) groups is 5. The number of hydrogen-bond donors (Lipinski definition) is 7. The van der Waals surface area contributed by atoms with Crippen LogP contribution in [-0.2, 0) is 24.0 Å². The van der Waals surface area contributed by atoms with Crippen molar-refractivity contribution in [3.05, 3.63) is 0 Å². The van der Waals surface area contributed by atoms with E-state index in [1.165, 1.54) is 11.8 Å². The second kappa shape index (κ2) is 13.8. The number of hydrogen-bond acceptors (Lipinski definition) is 8. The highest BCUT2D eigenvalue weighted by Crippen LogP contribution is 2.04. The lowest BCUT2D eigenvalue weighted by molar-refractivity contribution is -0.147. The molecule has 172 valence electrons. The van der Waals surface area contributed by atoms with Gasteiger partial charge in [-0.05, 0) is 24.3 Å². The molecule has 0 spiro atoms. The van der Waals surface area contributed by atoms with Crippen LogP contribution in [0, 0.1) is 5.92 Å². The van der Waals surface area contributed by atoms with E-state index in [9.17, 15) is 29.1 Å². The van der Waals surface area contributed by atoms with Crippen molar-refractivity contribution >= 4 is 41.4 Å². The Kier molecular flexibility index (Phi) is 12.7. The van der Waals surface area contributed by atoms with E-state index in [-0.39, 0.29) is 12.3 Å². The lowest BCUT2D eigenvalue weighted by Gasteiger charge is -2.24. The first-order chi connectivity index (χ1) is 13.9. The molecule has 0 aliphatic rings. The Morgan fingerprint density at radius 3 is 1.83 bits per heavy atom. The number of nitrogens with two attached hydrogens (primary N) is 1. The number of aliphatic carboxylic acids is 2. The maximum atomic E-state index is 12.5. The molecule has 0 aromatic heterocycles. The third-order valence-electron chi connectivity index (χ3n) is 4.07. The minimum Gasteiger partial charge on any atom is -0.481 e. The standard InChI is InChI=1S/C17H30N4O8S/c1-8(2)13(18)16(27)21-11(7-22)15(26)19-9(4-5-30-3)14(25)20-10(17(28)29)6-12(23)24/h8-11,13,22H,4-7,18H2,1-3H3,(H,19,26)(H,20,25)(H,21,27)(H,23,24)(H,28,29). The maximum absolute atomic E-state index is 12.5. The maximum Gasteiger partial charge on any atom is 0.326 e. The molecule has 0 saturated carbocycles. The molecule has 0 fully saturated rings. The number of aliphatic hydroxyl groups is 1.